The highest BCUT2D eigenvalue weighted by atomic mass is 16.5. The minimum Gasteiger partial charge on any atom is -0.509 e. The van der Waals surface area contributed by atoms with E-state index in [-0.39, 0.29) is 17.5 Å². The van der Waals surface area contributed by atoms with Crippen molar-refractivity contribution in [2.75, 3.05) is 21.2 Å². The zero-order valence-electron chi connectivity index (χ0n) is 23.5. The summed E-state index contributed by atoms with van der Waals surface area (Å²) in [5.74, 6) is -5.67. The normalized spacial score (nSPS) is 28.2. The van der Waals surface area contributed by atoms with Gasteiger partial charge in [-0.15, -0.1) is 0 Å². The van der Waals surface area contributed by atoms with Gasteiger partial charge in [-0.05, 0) is 61.8 Å². The summed E-state index contributed by atoms with van der Waals surface area (Å²) in [4.78, 5) is 53.3. The van der Waals surface area contributed by atoms with Crippen molar-refractivity contribution in [1.29, 1.82) is 5.26 Å². The molecule has 43 heavy (non-hydrogen) atoms. The summed E-state index contributed by atoms with van der Waals surface area (Å²) in [5, 5.41) is 44.3. The summed E-state index contributed by atoms with van der Waals surface area (Å²) in [6.45, 7) is 0. The third-order valence-corrected chi connectivity index (χ3v) is 8.80. The highest BCUT2D eigenvalue weighted by molar-refractivity contribution is 6.25. The van der Waals surface area contributed by atoms with E-state index in [1.165, 1.54) is 32.2 Å². The number of nitrogens with zero attached hydrogens (tertiary/aromatic N) is 2. The number of fused-ring (bicyclic) bond motifs is 3. The van der Waals surface area contributed by atoms with Crippen molar-refractivity contribution in [3.63, 3.8) is 0 Å². The molecule has 2 aromatic carbocycles. The van der Waals surface area contributed by atoms with Crippen molar-refractivity contribution in [1.82, 2.24) is 4.90 Å². The SMILES string of the molecule is COc1ccc(-c2ccc(O)c3c2C[C@@]2(N)C[C@@]4(N)C(N(C)C)C(=O)C(C(N)=O)=C(O)[C@@]4(C#N)C(=O)C2=C3O)cc1C=O. The lowest BCUT2D eigenvalue weighted by atomic mass is 9.47. The van der Waals surface area contributed by atoms with Crippen LogP contribution in [0.3, 0.4) is 0 Å². The van der Waals surface area contributed by atoms with Crippen LogP contribution in [0.5, 0.6) is 11.5 Å². The molecule has 1 amide bonds. The zero-order valence-corrected chi connectivity index (χ0v) is 23.5. The number of phenols is 1. The van der Waals surface area contributed by atoms with E-state index in [2.05, 4.69) is 0 Å². The van der Waals surface area contributed by atoms with Crippen molar-refractivity contribution in [3.05, 3.63) is 63.9 Å². The second-order valence-corrected chi connectivity index (χ2v) is 11.3. The second-order valence-electron chi connectivity index (χ2n) is 11.3. The number of nitrogens with two attached hydrogens (primary N) is 3. The van der Waals surface area contributed by atoms with Crippen molar-refractivity contribution in [2.24, 2.45) is 22.6 Å². The number of nitriles is 1. The number of carbonyl (C=O) groups is 4. The number of hydrogen-bond donors (Lipinski definition) is 6. The van der Waals surface area contributed by atoms with Gasteiger partial charge < -0.3 is 37.3 Å². The number of aromatic hydroxyl groups is 1. The molecule has 2 aromatic rings. The number of ketones is 2. The summed E-state index contributed by atoms with van der Waals surface area (Å²) in [7, 11) is 4.29. The van der Waals surface area contributed by atoms with Gasteiger partial charge in [-0.25, -0.2) is 0 Å². The van der Waals surface area contributed by atoms with Crippen LogP contribution < -0.4 is 21.9 Å². The first kappa shape index (κ1) is 29.5. The molecule has 0 radical (unpaired) electrons. The fourth-order valence-corrected chi connectivity index (χ4v) is 7.10. The van der Waals surface area contributed by atoms with Gasteiger partial charge in [-0.3, -0.25) is 24.1 Å². The fraction of sp³-hybridized carbons (Fsp3) is 0.300. The minimum atomic E-state index is -2.74. The first-order valence-electron chi connectivity index (χ1n) is 13.1. The number of likely N-dealkylation sites (N-methyl/N-ethyl adjacent to an activating group) is 1. The molecule has 1 saturated carbocycles. The van der Waals surface area contributed by atoms with Gasteiger partial charge in [0.25, 0.3) is 5.91 Å². The summed E-state index contributed by atoms with van der Waals surface area (Å²) in [6.07, 6.45) is -0.113. The summed E-state index contributed by atoms with van der Waals surface area (Å²) >= 11 is 0. The Labute approximate surface area is 245 Å². The second kappa shape index (κ2) is 9.50. The summed E-state index contributed by atoms with van der Waals surface area (Å²) < 4.78 is 5.22. The van der Waals surface area contributed by atoms with Crippen molar-refractivity contribution >= 4 is 29.5 Å². The van der Waals surface area contributed by atoms with Gasteiger partial charge in [0.2, 0.25) is 0 Å². The lowest BCUT2D eigenvalue weighted by molar-refractivity contribution is -0.139. The molecule has 4 atom stereocenters. The molecule has 3 aliphatic carbocycles. The molecule has 13 heteroatoms. The molecule has 3 aliphatic rings. The van der Waals surface area contributed by atoms with Crippen molar-refractivity contribution < 1.29 is 39.2 Å². The number of aliphatic hydroxyl groups excluding tert-OH is 2. The lowest BCUT2D eigenvalue weighted by Crippen LogP contribution is -2.80. The third-order valence-electron chi connectivity index (χ3n) is 8.80. The van der Waals surface area contributed by atoms with Crippen LogP contribution in [-0.4, -0.2) is 82.3 Å². The van der Waals surface area contributed by atoms with Gasteiger partial charge in [-0.2, -0.15) is 5.26 Å². The number of phenolic OH excluding ortho intramolecular Hbond substituents is 1. The molecule has 0 aliphatic heterocycles. The molecule has 0 heterocycles. The van der Waals surface area contributed by atoms with E-state index in [4.69, 9.17) is 21.9 Å². The Kier molecular flexibility index (Phi) is 6.51. The number of amides is 1. The molecule has 0 aromatic heterocycles. The van der Waals surface area contributed by atoms with E-state index >= 15 is 0 Å². The molecule has 5 rings (SSSR count). The number of Topliss-reactive ketones (excluding diaryl/α,β-unsaturated/α-hetero) is 2. The zero-order chi connectivity index (χ0) is 31.8. The Morgan fingerprint density at radius 1 is 1.16 bits per heavy atom. The number of rotatable bonds is 5. The first-order valence-corrected chi connectivity index (χ1v) is 13.1. The number of aldehydes is 1. The van der Waals surface area contributed by atoms with Crippen LogP contribution in [0.15, 0.2) is 47.2 Å². The molecule has 9 N–H and O–H groups in total. The fourth-order valence-electron chi connectivity index (χ4n) is 7.10. The maximum absolute atomic E-state index is 14.4. The molecule has 0 saturated heterocycles. The van der Waals surface area contributed by atoms with Crippen molar-refractivity contribution in [3.8, 4) is 28.7 Å². The van der Waals surface area contributed by atoms with Crippen LogP contribution in [0.4, 0.5) is 0 Å². The van der Waals surface area contributed by atoms with Crippen LogP contribution in [0.25, 0.3) is 16.9 Å². The van der Waals surface area contributed by atoms with Crippen LogP contribution in [0.1, 0.15) is 27.9 Å². The Morgan fingerprint density at radius 2 is 1.84 bits per heavy atom. The first-order chi connectivity index (χ1) is 20.1. The van der Waals surface area contributed by atoms with Gasteiger partial charge in [-0.1, -0.05) is 12.1 Å². The van der Waals surface area contributed by atoms with Crippen LogP contribution >= 0.6 is 0 Å². The Balaban J connectivity index is 1.84. The maximum atomic E-state index is 14.4. The Hall–Kier alpha value is -5.03. The standard InChI is InChI=1S/C30H29N5O8/c1-35(2)24-23(39)20(27(32)42)25(40)29(12-31)26(41)21-22(38)19-16(9-28(21,33)11-30(24,29)34)15(5-6-17(19)37)13-4-7-18(43-3)14(8-13)10-36/h4-8,10,24,37-38,40H,9,11,33-34H2,1-3H3,(H2,32,42)/t24?,28-,29+,30-/m1/s1. The highest BCUT2D eigenvalue weighted by Crippen LogP contribution is 2.58. The molecule has 222 valence electrons. The maximum Gasteiger partial charge on any atom is 0.255 e. The van der Waals surface area contributed by atoms with E-state index < -0.39 is 74.8 Å². The summed E-state index contributed by atoms with van der Waals surface area (Å²) in [5.41, 5.74) is 12.3. The molecular formula is C30H29N5O8. The molecular weight excluding hydrogens is 558 g/mol. The van der Waals surface area contributed by atoms with Gasteiger partial charge >= 0.3 is 0 Å². The molecule has 0 spiro atoms. The van der Waals surface area contributed by atoms with Gasteiger partial charge in [0.1, 0.15) is 28.6 Å². The summed E-state index contributed by atoms with van der Waals surface area (Å²) in [6, 6.07) is 7.84. The van der Waals surface area contributed by atoms with E-state index in [1.807, 2.05) is 0 Å². The molecule has 1 unspecified atom stereocenters. The quantitative estimate of drug-likeness (QED) is 0.206. The third kappa shape index (κ3) is 3.61. The average molecular weight is 588 g/mol. The number of hydrogen-bond acceptors (Lipinski definition) is 12. The van der Waals surface area contributed by atoms with Crippen molar-refractivity contribution in [2.45, 2.75) is 30.0 Å². The largest absolute Gasteiger partial charge is 0.509 e. The smallest absolute Gasteiger partial charge is 0.255 e. The van der Waals surface area contributed by atoms with Gasteiger partial charge in [0.05, 0.1) is 47.0 Å². The lowest BCUT2D eigenvalue weighted by Gasteiger charge is -2.58. The monoisotopic (exact) mass is 587 g/mol. The van der Waals surface area contributed by atoms with Crippen LogP contribution in [-0.2, 0) is 20.8 Å². The number of ether oxygens (including phenoxy) is 1. The van der Waals surface area contributed by atoms with Gasteiger partial charge in [0.15, 0.2) is 23.3 Å². The van der Waals surface area contributed by atoms with Gasteiger partial charge in [0, 0.05) is 0 Å². The Bertz CT molecular complexity index is 1770. The number of methoxy groups -OCH3 is 1. The highest BCUT2D eigenvalue weighted by Gasteiger charge is 2.74. The van der Waals surface area contributed by atoms with E-state index in [0.29, 0.717) is 28.7 Å². The molecule has 13 nitrogen and oxygen atoms in total. The molecule has 1 fully saturated rings. The minimum absolute atomic E-state index is 0.155. The van der Waals surface area contributed by atoms with Crippen LogP contribution in [0, 0.1) is 16.7 Å². The number of primary amides is 1. The predicted octanol–water partition coefficient (Wildman–Crippen LogP) is 0.394. The number of aliphatic hydroxyl groups is 2. The number of benzene rings is 2. The van der Waals surface area contributed by atoms with E-state index in [0.717, 1.165) is 0 Å². The van der Waals surface area contributed by atoms with E-state index in [1.54, 1.807) is 30.3 Å². The predicted molar refractivity (Wildman–Crippen MR) is 152 cm³/mol. The Morgan fingerprint density at radius 3 is 2.40 bits per heavy atom. The topological polar surface area (TPSA) is 243 Å². The number of carbonyl (C=O) groups excluding carboxylic acids is 4. The average Bonchev–Trinajstić information content (AvgIpc) is 2.91. The molecule has 0 bridgehead atoms. The van der Waals surface area contributed by atoms with Crippen LogP contribution in [0.2, 0.25) is 0 Å². The van der Waals surface area contributed by atoms with E-state index in [9.17, 15) is 39.8 Å².